The van der Waals surface area contributed by atoms with E-state index in [0.717, 1.165) is 15.2 Å². The van der Waals surface area contributed by atoms with Crippen LogP contribution in [0, 0.1) is 6.92 Å². The first-order valence-corrected chi connectivity index (χ1v) is 7.44. The van der Waals surface area contributed by atoms with Gasteiger partial charge in [0.15, 0.2) is 0 Å². The van der Waals surface area contributed by atoms with Crippen LogP contribution in [0.2, 0.25) is 0 Å². The van der Waals surface area contributed by atoms with E-state index in [1.165, 1.54) is 0 Å². The van der Waals surface area contributed by atoms with Gasteiger partial charge >= 0.3 is 0 Å². The summed E-state index contributed by atoms with van der Waals surface area (Å²) in [6.07, 6.45) is 0.914. The number of ether oxygens (including phenoxy) is 1. The van der Waals surface area contributed by atoms with Gasteiger partial charge in [-0.3, -0.25) is 9.59 Å². The molecule has 0 radical (unpaired) electrons. The number of thiazole rings is 1. The topological polar surface area (TPSA) is 80.3 Å². The number of fused-ring (bicyclic) bond motifs is 1. The molecular weight excluding hydrogens is 290 g/mol. The minimum atomic E-state index is -0.471. The van der Waals surface area contributed by atoms with E-state index in [0.29, 0.717) is 24.3 Å². The summed E-state index contributed by atoms with van der Waals surface area (Å²) in [7, 11) is 1.55. The van der Waals surface area contributed by atoms with E-state index in [9.17, 15) is 9.59 Å². The van der Waals surface area contributed by atoms with Crippen LogP contribution in [0.15, 0.2) is 12.1 Å². The first-order valence-electron chi connectivity index (χ1n) is 6.62. The summed E-state index contributed by atoms with van der Waals surface area (Å²) in [5.74, 6) is 0.251. The highest BCUT2D eigenvalue weighted by atomic mass is 32.1. The Morgan fingerprint density at radius 2 is 2.33 bits per heavy atom. The second-order valence-electron chi connectivity index (χ2n) is 4.90. The maximum Gasteiger partial charge on any atom is 0.247 e. The Balaban J connectivity index is 1.88. The molecule has 2 aromatic rings. The van der Waals surface area contributed by atoms with Crippen molar-refractivity contribution in [1.82, 2.24) is 10.3 Å². The number of carbonyl (C=O) groups is 2. The van der Waals surface area contributed by atoms with Gasteiger partial charge in [0.25, 0.3) is 0 Å². The Kier molecular flexibility index (Phi) is 3.50. The van der Waals surface area contributed by atoms with Gasteiger partial charge in [-0.2, -0.15) is 0 Å². The number of nitrogens with one attached hydrogen (secondary N) is 2. The third-order valence-corrected chi connectivity index (χ3v) is 4.32. The molecule has 1 aromatic carbocycles. The largest absolute Gasteiger partial charge is 0.494 e. The molecule has 1 saturated heterocycles. The summed E-state index contributed by atoms with van der Waals surface area (Å²) in [6.45, 7) is 1.93. The summed E-state index contributed by atoms with van der Waals surface area (Å²) >= 11 is 1.56. The van der Waals surface area contributed by atoms with Gasteiger partial charge in [-0.15, -0.1) is 11.3 Å². The molecule has 1 aromatic heterocycles. The zero-order valence-electron chi connectivity index (χ0n) is 11.7. The highest BCUT2D eigenvalue weighted by Gasteiger charge is 2.27. The summed E-state index contributed by atoms with van der Waals surface area (Å²) in [4.78, 5) is 27.8. The van der Waals surface area contributed by atoms with Crippen molar-refractivity contribution in [2.24, 2.45) is 0 Å². The minimum Gasteiger partial charge on any atom is -0.494 e. The average molecular weight is 305 g/mol. The maximum absolute atomic E-state index is 12.2. The van der Waals surface area contributed by atoms with Crippen molar-refractivity contribution in [3.8, 4) is 5.75 Å². The van der Waals surface area contributed by atoms with Crippen LogP contribution in [-0.4, -0.2) is 29.9 Å². The normalized spacial score (nSPS) is 17.8. The van der Waals surface area contributed by atoms with Crippen LogP contribution in [0.3, 0.4) is 0 Å². The van der Waals surface area contributed by atoms with Gasteiger partial charge in [0.1, 0.15) is 11.8 Å². The molecule has 6 nitrogen and oxygen atoms in total. The van der Waals surface area contributed by atoms with Gasteiger partial charge in [-0.1, -0.05) is 0 Å². The van der Waals surface area contributed by atoms with Crippen molar-refractivity contribution in [1.29, 1.82) is 0 Å². The van der Waals surface area contributed by atoms with Crippen molar-refractivity contribution < 1.29 is 14.3 Å². The average Bonchev–Trinajstić information content (AvgIpc) is 3.02. The van der Waals surface area contributed by atoms with Crippen LogP contribution in [0.1, 0.15) is 17.8 Å². The number of aromatic nitrogens is 1. The third kappa shape index (κ3) is 2.69. The molecule has 0 aliphatic carbocycles. The number of nitrogens with zero attached hydrogens (tertiary/aromatic N) is 1. The molecule has 2 heterocycles. The molecule has 3 rings (SSSR count). The van der Waals surface area contributed by atoms with Gasteiger partial charge in [-0.25, -0.2) is 4.98 Å². The molecule has 21 heavy (non-hydrogen) atoms. The lowest BCUT2D eigenvalue weighted by atomic mass is 10.2. The number of anilines is 1. The molecule has 1 unspecified atom stereocenters. The van der Waals surface area contributed by atoms with E-state index in [4.69, 9.17) is 4.74 Å². The Morgan fingerprint density at radius 3 is 3.00 bits per heavy atom. The fourth-order valence-electron chi connectivity index (χ4n) is 2.37. The van der Waals surface area contributed by atoms with E-state index in [2.05, 4.69) is 15.6 Å². The number of aryl methyl sites for hydroxylation is 1. The SMILES string of the molecule is COc1cc2nc(C)sc2cc1NC(=O)C1CCC(=O)N1. The Hall–Kier alpha value is -2.15. The van der Waals surface area contributed by atoms with Gasteiger partial charge in [0, 0.05) is 12.5 Å². The number of hydrogen-bond acceptors (Lipinski definition) is 5. The maximum atomic E-state index is 12.2. The van der Waals surface area contributed by atoms with Gasteiger partial charge in [0.05, 0.1) is 28.0 Å². The van der Waals surface area contributed by atoms with E-state index >= 15 is 0 Å². The van der Waals surface area contributed by atoms with Crippen molar-refractivity contribution in [3.63, 3.8) is 0 Å². The minimum absolute atomic E-state index is 0.0874. The Labute approximate surface area is 125 Å². The zero-order chi connectivity index (χ0) is 15.0. The number of amides is 2. The molecule has 110 valence electrons. The van der Waals surface area contributed by atoms with Crippen LogP contribution in [0.5, 0.6) is 5.75 Å². The lowest BCUT2D eigenvalue weighted by molar-refractivity contribution is -0.122. The van der Waals surface area contributed by atoms with Crippen LogP contribution in [0.4, 0.5) is 5.69 Å². The quantitative estimate of drug-likeness (QED) is 0.906. The lowest BCUT2D eigenvalue weighted by Crippen LogP contribution is -2.37. The summed E-state index contributed by atoms with van der Waals surface area (Å²) in [6, 6.07) is 3.19. The number of methoxy groups -OCH3 is 1. The predicted molar refractivity (Wildman–Crippen MR) is 80.7 cm³/mol. The van der Waals surface area contributed by atoms with E-state index in [-0.39, 0.29) is 11.8 Å². The van der Waals surface area contributed by atoms with Crippen LogP contribution in [-0.2, 0) is 9.59 Å². The Bertz CT molecular complexity index is 726. The molecule has 1 aliphatic heterocycles. The summed E-state index contributed by atoms with van der Waals surface area (Å²) < 4.78 is 6.30. The fourth-order valence-corrected chi connectivity index (χ4v) is 3.22. The molecule has 1 atom stereocenters. The standard InChI is InChI=1S/C14H15N3O3S/c1-7-15-10-5-11(20-2)9(6-12(10)21-7)17-14(19)8-3-4-13(18)16-8/h5-6,8H,3-4H2,1-2H3,(H,16,18)(H,17,19). The molecular formula is C14H15N3O3S. The highest BCUT2D eigenvalue weighted by Crippen LogP contribution is 2.33. The monoisotopic (exact) mass is 305 g/mol. The van der Waals surface area contributed by atoms with Gasteiger partial charge in [0.2, 0.25) is 11.8 Å². The molecule has 0 saturated carbocycles. The van der Waals surface area contributed by atoms with E-state index in [1.54, 1.807) is 18.4 Å². The first kappa shape index (κ1) is 13.8. The smallest absolute Gasteiger partial charge is 0.247 e. The van der Waals surface area contributed by atoms with Crippen molar-refractivity contribution >= 4 is 39.1 Å². The molecule has 1 fully saturated rings. The highest BCUT2D eigenvalue weighted by molar-refractivity contribution is 7.18. The number of benzene rings is 1. The van der Waals surface area contributed by atoms with Crippen molar-refractivity contribution in [2.45, 2.75) is 25.8 Å². The molecule has 0 bridgehead atoms. The second-order valence-corrected chi connectivity index (χ2v) is 6.14. The zero-order valence-corrected chi connectivity index (χ0v) is 12.5. The van der Waals surface area contributed by atoms with Gasteiger partial charge < -0.3 is 15.4 Å². The second kappa shape index (κ2) is 5.33. The molecule has 7 heteroatoms. The lowest BCUT2D eigenvalue weighted by Gasteiger charge is -2.13. The van der Waals surface area contributed by atoms with Gasteiger partial charge in [-0.05, 0) is 19.4 Å². The number of carbonyl (C=O) groups excluding carboxylic acids is 2. The van der Waals surface area contributed by atoms with Crippen LogP contribution in [0.25, 0.3) is 10.2 Å². The number of rotatable bonds is 3. The van der Waals surface area contributed by atoms with Crippen LogP contribution < -0.4 is 15.4 Å². The van der Waals surface area contributed by atoms with Crippen molar-refractivity contribution in [2.75, 3.05) is 12.4 Å². The molecule has 2 N–H and O–H groups in total. The van der Waals surface area contributed by atoms with E-state index in [1.807, 2.05) is 19.1 Å². The summed E-state index contributed by atoms with van der Waals surface area (Å²) in [5.41, 5.74) is 1.45. The predicted octanol–water partition coefficient (Wildman–Crippen LogP) is 1.83. The van der Waals surface area contributed by atoms with Crippen LogP contribution >= 0.6 is 11.3 Å². The molecule has 0 spiro atoms. The third-order valence-electron chi connectivity index (χ3n) is 3.39. The van der Waals surface area contributed by atoms with E-state index < -0.39 is 6.04 Å². The fraction of sp³-hybridized carbons (Fsp3) is 0.357. The first-order chi connectivity index (χ1) is 10.1. The van der Waals surface area contributed by atoms with Crippen molar-refractivity contribution in [3.05, 3.63) is 17.1 Å². The molecule has 1 aliphatic rings. The summed E-state index contributed by atoms with van der Waals surface area (Å²) in [5, 5.41) is 6.43. The molecule has 2 amide bonds. The number of hydrogen-bond donors (Lipinski definition) is 2. The Morgan fingerprint density at radius 1 is 1.52 bits per heavy atom.